The van der Waals surface area contributed by atoms with E-state index in [1.807, 2.05) is 0 Å². The molecule has 0 aliphatic carbocycles. The van der Waals surface area contributed by atoms with Crippen LogP contribution in [0.1, 0.15) is 66.2 Å². The van der Waals surface area contributed by atoms with Crippen LogP contribution in [-0.4, -0.2) is 10.5 Å². The molecule has 18 heavy (non-hydrogen) atoms. The minimum absolute atomic E-state index is 0.639. The summed E-state index contributed by atoms with van der Waals surface area (Å²) in [5, 5.41) is -1.28. The first kappa shape index (κ1) is 26.3. The summed E-state index contributed by atoms with van der Waals surface area (Å²) in [5.41, 5.74) is 8.67. The van der Waals surface area contributed by atoms with Gasteiger partial charge in [0.1, 0.15) is 0 Å². The molecule has 4 nitrogen and oxygen atoms in total. The van der Waals surface area contributed by atoms with Gasteiger partial charge >= 0.3 is 0 Å². The van der Waals surface area contributed by atoms with Crippen molar-refractivity contribution in [1.82, 2.24) is 0 Å². The van der Waals surface area contributed by atoms with Gasteiger partial charge in [0.25, 0.3) is 10.5 Å². The van der Waals surface area contributed by atoms with Gasteiger partial charge in [-0.3, -0.25) is 9.59 Å². The Morgan fingerprint density at radius 3 is 0.944 bits per heavy atom. The largest absolute Gasteiger partial charge is 0.361 e. The van der Waals surface area contributed by atoms with Gasteiger partial charge in [0.2, 0.25) is 0 Å². The van der Waals surface area contributed by atoms with E-state index in [9.17, 15) is 0 Å². The van der Waals surface area contributed by atoms with E-state index in [0.717, 1.165) is 0 Å². The third-order valence-corrected chi connectivity index (χ3v) is 1.46. The number of carbonyl (C=O) groups is 2. The van der Waals surface area contributed by atoms with E-state index < -0.39 is 10.5 Å². The number of unbranched alkanes of at least 4 members (excludes halogenated alkanes) is 4. The van der Waals surface area contributed by atoms with E-state index >= 15 is 0 Å². The summed E-state index contributed by atoms with van der Waals surface area (Å²) in [4.78, 5) is 18.2. The second kappa shape index (κ2) is 30.0. The minimum Gasteiger partial charge on any atom is -0.361 e. The lowest BCUT2D eigenvalue weighted by Gasteiger charge is -1.86. The molecule has 112 valence electrons. The summed E-state index contributed by atoms with van der Waals surface area (Å²) >= 11 is 6.21. The van der Waals surface area contributed by atoms with Crippen molar-refractivity contribution in [2.24, 2.45) is 11.5 Å². The Kier molecular flexibility index (Phi) is 43.8. The molecule has 0 saturated heterocycles. The van der Waals surface area contributed by atoms with Crippen LogP contribution in [0.25, 0.3) is 0 Å². The molecule has 0 aliphatic heterocycles. The second-order valence-corrected chi connectivity index (χ2v) is 4.27. The molecule has 2 amide bonds. The maximum atomic E-state index is 9.09. The normalized spacial score (nSPS) is 7.44. The molecule has 0 heterocycles. The first-order valence-electron chi connectivity index (χ1n) is 6.26. The predicted molar refractivity (Wildman–Crippen MR) is 87.5 cm³/mol. The van der Waals surface area contributed by atoms with Crippen molar-refractivity contribution >= 4 is 35.7 Å². The highest BCUT2D eigenvalue weighted by molar-refractivity contribution is 7.96. The van der Waals surface area contributed by atoms with Crippen molar-refractivity contribution in [3.05, 3.63) is 0 Å². The summed E-state index contributed by atoms with van der Waals surface area (Å²) in [6.45, 7) is 8.82. The fraction of sp³-hybridized carbons (Fsp3) is 0.833. The average molecular weight is 299 g/mol. The van der Waals surface area contributed by atoms with Crippen molar-refractivity contribution in [1.29, 1.82) is 0 Å². The first-order valence-corrected chi connectivity index (χ1v) is 7.16. The lowest BCUT2D eigenvalue weighted by Crippen LogP contribution is -1.95. The molecule has 0 aliphatic rings. The fourth-order valence-electron chi connectivity index (χ4n) is 0.500. The molecule has 0 fully saturated rings. The molecule has 0 aromatic carbocycles. The highest BCUT2D eigenvalue weighted by Gasteiger charge is 1.75. The minimum atomic E-state index is -0.639. The molecule has 0 bridgehead atoms. The number of rotatable bonds is 4. The summed E-state index contributed by atoms with van der Waals surface area (Å²) in [6, 6.07) is 0. The predicted octanol–water partition coefficient (Wildman–Crippen LogP) is 4.38. The second-order valence-electron chi connectivity index (χ2n) is 3.38. The summed E-state index contributed by atoms with van der Waals surface area (Å²) < 4.78 is 0. The van der Waals surface area contributed by atoms with E-state index in [-0.39, 0.29) is 0 Å². The van der Waals surface area contributed by atoms with Gasteiger partial charge in [-0.1, -0.05) is 91.5 Å². The lowest BCUT2D eigenvalue weighted by atomic mass is 10.2. The number of thiol groups is 2. The van der Waals surface area contributed by atoms with Gasteiger partial charge in [0.15, 0.2) is 0 Å². The van der Waals surface area contributed by atoms with Crippen molar-refractivity contribution in [3.8, 4) is 0 Å². The maximum absolute atomic E-state index is 9.09. The Hall–Kier alpha value is -0.360. The Labute approximate surface area is 123 Å². The summed E-state index contributed by atoms with van der Waals surface area (Å²) in [6.07, 6.45) is 8.18. The third-order valence-electron chi connectivity index (χ3n) is 1.46. The number of carbonyl (C=O) groups excluding carboxylic acids is 2. The lowest BCUT2D eigenvalue weighted by molar-refractivity contribution is 0.266. The van der Waals surface area contributed by atoms with Crippen LogP contribution in [0.3, 0.4) is 0 Å². The first-order chi connectivity index (χ1) is 8.29. The highest BCUT2D eigenvalue weighted by atomic mass is 32.1. The average Bonchev–Trinajstić information content (AvgIpc) is 2.25. The zero-order chi connectivity index (χ0) is 15.4. The van der Waals surface area contributed by atoms with Crippen LogP contribution < -0.4 is 11.5 Å². The van der Waals surface area contributed by atoms with E-state index in [0.29, 0.717) is 0 Å². The van der Waals surface area contributed by atoms with E-state index in [2.05, 4.69) is 64.4 Å². The van der Waals surface area contributed by atoms with E-state index in [1.165, 1.54) is 38.5 Å². The molecule has 0 atom stereocenters. The molecule has 0 aromatic heterocycles. The van der Waals surface area contributed by atoms with Crippen LogP contribution in [-0.2, 0) is 0 Å². The van der Waals surface area contributed by atoms with Gasteiger partial charge in [-0.05, 0) is 0 Å². The topological polar surface area (TPSA) is 86.2 Å². The number of hydrogen-bond donors (Lipinski definition) is 4. The van der Waals surface area contributed by atoms with Crippen LogP contribution in [0.2, 0.25) is 0 Å². The van der Waals surface area contributed by atoms with Crippen molar-refractivity contribution in [2.45, 2.75) is 66.2 Å². The molecule has 0 radical (unpaired) electrons. The molecule has 6 heteroatoms. The Bertz CT molecular complexity index is 142. The molecule has 0 spiro atoms. The number of hydrogen-bond acceptors (Lipinski definition) is 2. The van der Waals surface area contributed by atoms with Crippen LogP contribution in [0.4, 0.5) is 9.59 Å². The molecular formula is C12H30N2O2S2. The SMILES string of the molecule is CCCC.CCCCCC.NC(=O)S.NC(=O)S. The molecule has 0 saturated carbocycles. The van der Waals surface area contributed by atoms with Gasteiger partial charge in [-0.15, -0.1) is 0 Å². The van der Waals surface area contributed by atoms with E-state index in [1.54, 1.807) is 0 Å². The Balaban J connectivity index is -0.0000000742. The van der Waals surface area contributed by atoms with Crippen LogP contribution >= 0.6 is 25.3 Å². The van der Waals surface area contributed by atoms with Gasteiger partial charge in [-0.25, -0.2) is 0 Å². The van der Waals surface area contributed by atoms with Crippen molar-refractivity contribution in [3.63, 3.8) is 0 Å². The fourth-order valence-corrected chi connectivity index (χ4v) is 0.500. The molecular weight excluding hydrogens is 268 g/mol. The van der Waals surface area contributed by atoms with Crippen molar-refractivity contribution in [2.75, 3.05) is 0 Å². The number of amides is 2. The van der Waals surface area contributed by atoms with Gasteiger partial charge in [0.05, 0.1) is 0 Å². The number of primary amides is 2. The summed E-state index contributed by atoms with van der Waals surface area (Å²) in [7, 11) is 0. The molecule has 0 aromatic rings. The van der Waals surface area contributed by atoms with Gasteiger partial charge in [0, 0.05) is 0 Å². The van der Waals surface area contributed by atoms with Gasteiger partial charge in [-0.2, -0.15) is 0 Å². The van der Waals surface area contributed by atoms with E-state index in [4.69, 9.17) is 9.59 Å². The maximum Gasteiger partial charge on any atom is 0.273 e. The Morgan fingerprint density at radius 2 is 0.889 bits per heavy atom. The number of nitrogens with two attached hydrogens (primary N) is 2. The van der Waals surface area contributed by atoms with Crippen LogP contribution in [0, 0.1) is 0 Å². The molecule has 0 unspecified atom stereocenters. The van der Waals surface area contributed by atoms with Crippen molar-refractivity contribution < 1.29 is 9.59 Å². The smallest absolute Gasteiger partial charge is 0.273 e. The standard InChI is InChI=1S/C6H14.C4H10.2CH3NOS/c1-3-5-6-4-2;1-3-4-2;2*2-1(3)4/h3-6H2,1-2H3;3-4H2,1-2H3;2*(H3,2,3,4). The Morgan fingerprint density at radius 1 is 0.722 bits per heavy atom. The monoisotopic (exact) mass is 298 g/mol. The van der Waals surface area contributed by atoms with Crippen LogP contribution in [0.15, 0.2) is 0 Å². The zero-order valence-electron chi connectivity index (χ0n) is 12.1. The third kappa shape index (κ3) is 253. The quantitative estimate of drug-likeness (QED) is 0.458. The molecule has 0 rings (SSSR count). The zero-order valence-corrected chi connectivity index (χ0v) is 13.9. The van der Waals surface area contributed by atoms with Gasteiger partial charge < -0.3 is 11.5 Å². The summed E-state index contributed by atoms with van der Waals surface area (Å²) in [5.74, 6) is 0. The highest BCUT2D eigenvalue weighted by Crippen LogP contribution is 1.95. The molecule has 4 N–H and O–H groups in total. The van der Waals surface area contributed by atoms with Crippen LogP contribution in [0.5, 0.6) is 0 Å².